The molecule has 3 aliphatic rings. The standard InChI is InChI=1S/C31H25NO3/c1-32-18-26(19-13-15-22(35-2)16-14-19)30(17-21-7-3-4-10-23(21)28(30)33)31(32)25-12-6-9-20-8-5-11-24(27(20)25)29(31)34/h3-16,26H,17-18H2,1-2H3/t26-,30+,31+/m1/s1. The fourth-order valence-corrected chi connectivity index (χ4v) is 7.45. The second kappa shape index (κ2) is 6.89. The highest BCUT2D eigenvalue weighted by atomic mass is 16.5. The average Bonchev–Trinajstić information content (AvgIpc) is 3.44. The predicted octanol–water partition coefficient (Wildman–Crippen LogP) is 5.39. The minimum absolute atomic E-state index is 0.0453. The number of nitrogens with zero attached hydrogens (tertiary/aromatic N) is 1. The Morgan fingerprint density at radius 1 is 0.829 bits per heavy atom. The van der Waals surface area contributed by atoms with Crippen LogP contribution in [0.15, 0.2) is 84.9 Å². The van der Waals surface area contributed by atoms with E-state index < -0.39 is 11.0 Å². The predicted molar refractivity (Wildman–Crippen MR) is 135 cm³/mol. The minimum Gasteiger partial charge on any atom is -0.497 e. The van der Waals surface area contributed by atoms with Gasteiger partial charge in [0.15, 0.2) is 11.6 Å². The van der Waals surface area contributed by atoms with Gasteiger partial charge in [0.1, 0.15) is 11.3 Å². The van der Waals surface area contributed by atoms with E-state index in [4.69, 9.17) is 4.74 Å². The van der Waals surface area contributed by atoms with Crippen molar-refractivity contribution in [1.29, 1.82) is 0 Å². The molecule has 4 aromatic carbocycles. The number of ketones is 2. The van der Waals surface area contributed by atoms with Gasteiger partial charge in [-0.3, -0.25) is 14.5 Å². The molecule has 0 aromatic heterocycles. The maximum Gasteiger partial charge on any atom is 0.189 e. The third-order valence-corrected chi connectivity index (χ3v) is 8.79. The highest BCUT2D eigenvalue weighted by Crippen LogP contribution is 2.67. The first kappa shape index (κ1) is 20.6. The van der Waals surface area contributed by atoms with Gasteiger partial charge in [-0.2, -0.15) is 0 Å². The van der Waals surface area contributed by atoms with E-state index in [1.807, 2.05) is 61.6 Å². The Hall–Kier alpha value is -3.76. The summed E-state index contributed by atoms with van der Waals surface area (Å²) in [6, 6.07) is 28.0. The summed E-state index contributed by atoms with van der Waals surface area (Å²) in [6.45, 7) is 0.613. The lowest BCUT2D eigenvalue weighted by atomic mass is 9.58. The van der Waals surface area contributed by atoms with Gasteiger partial charge >= 0.3 is 0 Å². The van der Waals surface area contributed by atoms with Gasteiger partial charge in [0.2, 0.25) is 0 Å². The molecule has 1 aliphatic heterocycles. The van der Waals surface area contributed by atoms with Crippen LogP contribution in [0.1, 0.15) is 43.3 Å². The maximum atomic E-state index is 14.6. The van der Waals surface area contributed by atoms with Gasteiger partial charge in [-0.25, -0.2) is 0 Å². The second-order valence-electron chi connectivity index (χ2n) is 10.1. The van der Waals surface area contributed by atoms with Crippen molar-refractivity contribution in [3.63, 3.8) is 0 Å². The molecule has 0 saturated carbocycles. The van der Waals surface area contributed by atoms with E-state index in [-0.39, 0.29) is 17.5 Å². The third-order valence-electron chi connectivity index (χ3n) is 8.79. The minimum atomic E-state index is -1.06. The zero-order valence-corrected chi connectivity index (χ0v) is 19.7. The largest absolute Gasteiger partial charge is 0.497 e. The van der Waals surface area contributed by atoms with Crippen LogP contribution in [-0.2, 0) is 12.0 Å². The number of hydrogen-bond donors (Lipinski definition) is 0. The van der Waals surface area contributed by atoms with Crippen LogP contribution in [0, 0.1) is 5.41 Å². The molecular formula is C31H25NO3. The lowest BCUT2D eigenvalue weighted by Gasteiger charge is -2.44. The first-order valence-corrected chi connectivity index (χ1v) is 12.1. The molecule has 2 aliphatic carbocycles. The number of methoxy groups -OCH3 is 1. The monoisotopic (exact) mass is 459 g/mol. The zero-order valence-electron chi connectivity index (χ0n) is 19.7. The van der Waals surface area contributed by atoms with Crippen molar-refractivity contribution < 1.29 is 14.3 Å². The van der Waals surface area contributed by atoms with E-state index in [2.05, 4.69) is 35.2 Å². The fraction of sp³-hybridized carbons (Fsp3) is 0.226. The van der Waals surface area contributed by atoms with Crippen molar-refractivity contribution >= 4 is 22.3 Å². The molecule has 0 N–H and O–H groups in total. The second-order valence-corrected chi connectivity index (χ2v) is 10.1. The van der Waals surface area contributed by atoms with Gasteiger partial charge in [-0.1, -0.05) is 72.8 Å². The van der Waals surface area contributed by atoms with E-state index in [0.29, 0.717) is 13.0 Å². The number of likely N-dealkylation sites (N-methyl/N-ethyl adjacent to an activating group) is 1. The summed E-state index contributed by atoms with van der Waals surface area (Å²) < 4.78 is 5.40. The first-order chi connectivity index (χ1) is 17.0. The molecule has 172 valence electrons. The lowest BCUT2D eigenvalue weighted by Crippen LogP contribution is -2.57. The van der Waals surface area contributed by atoms with Crippen LogP contribution in [0.25, 0.3) is 10.8 Å². The number of likely N-dealkylation sites (tertiary alicyclic amines) is 1. The van der Waals surface area contributed by atoms with E-state index >= 15 is 0 Å². The van der Waals surface area contributed by atoms with E-state index in [0.717, 1.165) is 44.3 Å². The molecule has 2 spiro atoms. The number of carbonyl (C=O) groups is 2. The Kier molecular flexibility index (Phi) is 4.06. The molecule has 4 aromatic rings. The van der Waals surface area contributed by atoms with Gasteiger partial charge in [0.05, 0.1) is 12.5 Å². The van der Waals surface area contributed by atoms with Crippen LogP contribution in [0.2, 0.25) is 0 Å². The Labute approximate surface area is 204 Å². The summed E-state index contributed by atoms with van der Waals surface area (Å²) in [5.74, 6) is 0.756. The summed E-state index contributed by atoms with van der Waals surface area (Å²) in [5, 5.41) is 2.04. The van der Waals surface area contributed by atoms with Gasteiger partial charge in [0, 0.05) is 23.6 Å². The summed E-state index contributed by atoms with van der Waals surface area (Å²) in [4.78, 5) is 31.4. The van der Waals surface area contributed by atoms with Crippen molar-refractivity contribution in [1.82, 2.24) is 4.90 Å². The molecule has 3 atom stereocenters. The first-order valence-electron chi connectivity index (χ1n) is 12.1. The van der Waals surface area contributed by atoms with Crippen LogP contribution in [0.4, 0.5) is 0 Å². The molecule has 0 bridgehead atoms. The SMILES string of the molecule is COc1ccc([C@H]2CN(C)[C@@]3(C(=O)c4cccc5cccc3c45)[C@@]23Cc2ccccc2C3=O)cc1. The third kappa shape index (κ3) is 2.26. The zero-order chi connectivity index (χ0) is 23.9. The van der Waals surface area contributed by atoms with Crippen molar-refractivity contribution in [3.8, 4) is 5.75 Å². The number of hydrogen-bond acceptors (Lipinski definition) is 4. The lowest BCUT2D eigenvalue weighted by molar-refractivity contribution is 0.0342. The molecule has 35 heavy (non-hydrogen) atoms. The number of rotatable bonds is 2. The number of fused-ring (bicyclic) bond motifs is 3. The van der Waals surface area contributed by atoms with Crippen molar-refractivity contribution in [2.75, 3.05) is 20.7 Å². The summed E-state index contributed by atoms with van der Waals surface area (Å²) in [6.07, 6.45) is 0.541. The molecule has 4 heteroatoms. The van der Waals surface area contributed by atoms with Gasteiger partial charge < -0.3 is 4.74 Å². The topological polar surface area (TPSA) is 46.6 Å². The Bertz CT molecular complexity index is 1550. The number of ether oxygens (including phenoxy) is 1. The number of Topliss-reactive ketones (excluding diaryl/α,β-unsaturated/α-hetero) is 2. The maximum absolute atomic E-state index is 14.6. The molecule has 1 fully saturated rings. The van der Waals surface area contributed by atoms with E-state index in [1.165, 1.54) is 0 Å². The normalized spacial score (nSPS) is 26.9. The Morgan fingerprint density at radius 2 is 1.54 bits per heavy atom. The molecule has 0 amide bonds. The van der Waals surface area contributed by atoms with Crippen molar-refractivity contribution in [2.24, 2.45) is 5.41 Å². The van der Waals surface area contributed by atoms with Crippen LogP contribution in [-0.4, -0.2) is 37.2 Å². The van der Waals surface area contributed by atoms with E-state index in [9.17, 15) is 9.59 Å². The summed E-state index contributed by atoms with van der Waals surface area (Å²) >= 11 is 0. The van der Waals surface area contributed by atoms with Gasteiger partial charge in [-0.15, -0.1) is 0 Å². The quantitative estimate of drug-likeness (QED) is 0.403. The number of carbonyl (C=O) groups excluding carboxylic acids is 2. The van der Waals surface area contributed by atoms with E-state index in [1.54, 1.807) is 7.11 Å². The highest BCUT2D eigenvalue weighted by molar-refractivity contribution is 6.24. The van der Waals surface area contributed by atoms with Crippen LogP contribution in [0.3, 0.4) is 0 Å². The molecule has 1 saturated heterocycles. The smallest absolute Gasteiger partial charge is 0.189 e. The van der Waals surface area contributed by atoms with Gasteiger partial charge in [-0.05, 0) is 53.1 Å². The van der Waals surface area contributed by atoms with Crippen molar-refractivity contribution in [3.05, 3.63) is 113 Å². The Morgan fingerprint density at radius 3 is 2.29 bits per heavy atom. The molecular weight excluding hydrogens is 434 g/mol. The summed E-state index contributed by atoms with van der Waals surface area (Å²) in [5.41, 5.74) is 2.53. The molecule has 1 heterocycles. The van der Waals surface area contributed by atoms with Gasteiger partial charge in [0.25, 0.3) is 0 Å². The average molecular weight is 460 g/mol. The summed E-state index contributed by atoms with van der Waals surface area (Å²) in [7, 11) is 3.67. The van der Waals surface area contributed by atoms with Crippen LogP contribution < -0.4 is 4.74 Å². The van der Waals surface area contributed by atoms with Crippen LogP contribution >= 0.6 is 0 Å². The Balaban J connectivity index is 1.56. The molecule has 7 rings (SSSR count). The fourth-order valence-electron chi connectivity index (χ4n) is 7.45. The van der Waals surface area contributed by atoms with Crippen molar-refractivity contribution in [2.45, 2.75) is 17.9 Å². The molecule has 0 unspecified atom stereocenters. The molecule has 4 nitrogen and oxygen atoms in total. The van der Waals surface area contributed by atoms with Crippen LogP contribution in [0.5, 0.6) is 5.75 Å². The highest BCUT2D eigenvalue weighted by Gasteiger charge is 2.74. The molecule has 0 radical (unpaired) electrons. The number of benzene rings is 4.